The number of ketones is 1. The summed E-state index contributed by atoms with van der Waals surface area (Å²) in [5, 5.41) is 10.2. The van der Waals surface area contributed by atoms with Crippen LogP contribution in [-0.4, -0.2) is 69.8 Å². The van der Waals surface area contributed by atoms with Crippen LogP contribution < -0.4 is 0 Å². The molecule has 2 N–H and O–H groups in total. The highest BCUT2D eigenvalue weighted by molar-refractivity contribution is 6.36. The van der Waals surface area contributed by atoms with Crippen LogP contribution in [0, 0.1) is 0 Å². The molecule has 3 rings (SSSR count). The molecule has 2 heterocycles. The number of fused-ring (bicyclic) bond motifs is 1. The maximum atomic E-state index is 12.7. The van der Waals surface area contributed by atoms with Gasteiger partial charge in [-0.2, -0.15) is 0 Å². The van der Waals surface area contributed by atoms with Crippen LogP contribution in [0.25, 0.3) is 10.9 Å². The van der Waals surface area contributed by atoms with Gasteiger partial charge >= 0.3 is 0 Å². The molecule has 138 valence electrons. The number of nitrogens with zero attached hydrogens (tertiary/aromatic N) is 2. The van der Waals surface area contributed by atoms with E-state index in [2.05, 4.69) is 4.98 Å². The fourth-order valence-electron chi connectivity index (χ4n) is 3.09. The number of para-hydroxylation sites is 1. The van der Waals surface area contributed by atoms with E-state index in [-0.39, 0.29) is 18.7 Å². The summed E-state index contributed by atoms with van der Waals surface area (Å²) in [6, 6.07) is 9.52. The Kier molecular flexibility index (Phi) is 5.37. The average molecular weight is 357 g/mol. The number of carbonyl (C=O) groups is 3. The fraction of sp³-hybridized carbons (Fsp3) is 0.421. The summed E-state index contributed by atoms with van der Waals surface area (Å²) in [6.07, 6.45) is -0.272. The van der Waals surface area contributed by atoms with Crippen LogP contribution >= 0.6 is 0 Å². The summed E-state index contributed by atoms with van der Waals surface area (Å²) >= 11 is 0. The lowest BCUT2D eigenvalue weighted by Gasteiger charge is -2.34. The zero-order valence-corrected chi connectivity index (χ0v) is 14.8. The number of rotatable bonds is 5. The predicted octanol–water partition coefficient (Wildman–Crippen LogP) is 1.18. The molecule has 0 bridgehead atoms. The SMILES string of the molecule is CC(O)CCC(=O)C(=O)N1CCN(C(=O)c2cc3ccccc3[nH]2)CC1. The third kappa shape index (κ3) is 3.94. The topological polar surface area (TPSA) is 93.7 Å². The van der Waals surface area contributed by atoms with Crippen LogP contribution in [-0.2, 0) is 9.59 Å². The van der Waals surface area contributed by atoms with Gasteiger partial charge in [-0.05, 0) is 25.5 Å². The van der Waals surface area contributed by atoms with Gasteiger partial charge in [0.15, 0.2) is 0 Å². The van der Waals surface area contributed by atoms with Gasteiger partial charge in [-0.15, -0.1) is 0 Å². The molecule has 1 atom stereocenters. The normalized spacial score (nSPS) is 15.9. The summed E-state index contributed by atoms with van der Waals surface area (Å²) in [6.45, 7) is 3.05. The molecule has 2 aromatic rings. The van der Waals surface area contributed by atoms with E-state index in [4.69, 9.17) is 0 Å². The highest BCUT2D eigenvalue weighted by atomic mass is 16.3. The number of aliphatic hydroxyl groups excluding tert-OH is 1. The summed E-state index contributed by atoms with van der Waals surface area (Å²) in [5.41, 5.74) is 1.44. The third-order valence-corrected chi connectivity index (χ3v) is 4.64. The van der Waals surface area contributed by atoms with Gasteiger partial charge in [-0.3, -0.25) is 14.4 Å². The smallest absolute Gasteiger partial charge is 0.290 e. The van der Waals surface area contributed by atoms with Gasteiger partial charge in [0.25, 0.3) is 11.8 Å². The summed E-state index contributed by atoms with van der Waals surface area (Å²) in [7, 11) is 0. The molecular formula is C19H23N3O4. The highest BCUT2D eigenvalue weighted by Gasteiger charge is 2.28. The minimum atomic E-state index is -0.600. The first-order valence-electron chi connectivity index (χ1n) is 8.83. The monoisotopic (exact) mass is 357 g/mol. The molecule has 2 amide bonds. The van der Waals surface area contributed by atoms with Crippen molar-refractivity contribution in [1.82, 2.24) is 14.8 Å². The predicted molar refractivity (Wildman–Crippen MR) is 96.7 cm³/mol. The number of benzene rings is 1. The van der Waals surface area contributed by atoms with Crippen molar-refractivity contribution < 1.29 is 19.5 Å². The molecule has 0 saturated carbocycles. The number of Topliss-reactive ketones (excluding diaryl/α,β-unsaturated/α-hetero) is 1. The number of aliphatic hydroxyl groups is 1. The van der Waals surface area contributed by atoms with Crippen LogP contribution in [0.15, 0.2) is 30.3 Å². The maximum Gasteiger partial charge on any atom is 0.290 e. The Morgan fingerprint density at radius 2 is 1.77 bits per heavy atom. The quantitative estimate of drug-likeness (QED) is 0.786. The first kappa shape index (κ1) is 18.1. The molecule has 7 heteroatoms. The Morgan fingerprint density at radius 3 is 2.42 bits per heavy atom. The van der Waals surface area contributed by atoms with Crippen molar-refractivity contribution in [3.05, 3.63) is 36.0 Å². The number of aromatic amines is 1. The molecule has 0 spiro atoms. The Hall–Kier alpha value is -2.67. The fourth-order valence-corrected chi connectivity index (χ4v) is 3.09. The molecule has 0 radical (unpaired) electrons. The van der Waals surface area contributed by atoms with Gasteiger partial charge in [0, 0.05) is 43.5 Å². The molecule has 1 saturated heterocycles. The number of nitrogens with one attached hydrogen (secondary N) is 1. The van der Waals surface area contributed by atoms with Crippen LogP contribution in [0.4, 0.5) is 0 Å². The van der Waals surface area contributed by atoms with Crippen molar-refractivity contribution in [3.8, 4) is 0 Å². The highest BCUT2D eigenvalue weighted by Crippen LogP contribution is 2.17. The second-order valence-corrected chi connectivity index (χ2v) is 6.67. The Bertz CT molecular complexity index is 786. The van der Waals surface area contributed by atoms with E-state index in [9.17, 15) is 19.5 Å². The zero-order chi connectivity index (χ0) is 18.7. The van der Waals surface area contributed by atoms with E-state index < -0.39 is 17.8 Å². The van der Waals surface area contributed by atoms with Gasteiger partial charge < -0.3 is 19.9 Å². The van der Waals surface area contributed by atoms with Crippen molar-refractivity contribution in [2.45, 2.75) is 25.9 Å². The van der Waals surface area contributed by atoms with Crippen LogP contribution in [0.5, 0.6) is 0 Å². The lowest BCUT2D eigenvalue weighted by Crippen LogP contribution is -2.52. The number of hydrogen-bond donors (Lipinski definition) is 2. The Labute approximate surface area is 151 Å². The van der Waals surface area contributed by atoms with Gasteiger partial charge in [0.2, 0.25) is 5.78 Å². The van der Waals surface area contributed by atoms with Crippen molar-refractivity contribution >= 4 is 28.5 Å². The molecule has 1 fully saturated rings. The number of carbonyl (C=O) groups excluding carboxylic acids is 3. The molecule has 1 aliphatic heterocycles. The first-order chi connectivity index (χ1) is 12.5. The van der Waals surface area contributed by atoms with Crippen molar-refractivity contribution in [2.75, 3.05) is 26.2 Å². The molecule has 1 unspecified atom stereocenters. The zero-order valence-electron chi connectivity index (χ0n) is 14.8. The third-order valence-electron chi connectivity index (χ3n) is 4.64. The number of H-pyrrole nitrogens is 1. The van der Waals surface area contributed by atoms with E-state index in [0.717, 1.165) is 10.9 Å². The summed E-state index contributed by atoms with van der Waals surface area (Å²) in [4.78, 5) is 43.0. The molecule has 1 aliphatic rings. The van der Waals surface area contributed by atoms with Crippen molar-refractivity contribution in [3.63, 3.8) is 0 Å². The lowest BCUT2D eigenvalue weighted by molar-refractivity contribution is -0.145. The number of hydrogen-bond acceptors (Lipinski definition) is 4. The molecule has 26 heavy (non-hydrogen) atoms. The van der Waals surface area contributed by atoms with Gasteiger partial charge in [0.1, 0.15) is 5.69 Å². The molecular weight excluding hydrogens is 334 g/mol. The van der Waals surface area contributed by atoms with Gasteiger partial charge in [0.05, 0.1) is 6.10 Å². The molecule has 1 aromatic carbocycles. The first-order valence-corrected chi connectivity index (χ1v) is 8.83. The Balaban J connectivity index is 1.56. The number of aromatic nitrogens is 1. The van der Waals surface area contributed by atoms with Crippen LogP contribution in [0.3, 0.4) is 0 Å². The summed E-state index contributed by atoms with van der Waals surface area (Å²) < 4.78 is 0. The minimum absolute atomic E-state index is 0.0463. The van der Waals surface area contributed by atoms with Crippen molar-refractivity contribution in [2.24, 2.45) is 0 Å². The lowest BCUT2D eigenvalue weighted by atomic mass is 10.1. The van der Waals surface area contributed by atoms with Gasteiger partial charge in [-0.1, -0.05) is 18.2 Å². The van der Waals surface area contributed by atoms with E-state index in [1.165, 1.54) is 4.90 Å². The van der Waals surface area contributed by atoms with Crippen molar-refractivity contribution in [1.29, 1.82) is 0 Å². The van der Waals surface area contributed by atoms with E-state index in [1.54, 1.807) is 11.8 Å². The van der Waals surface area contributed by atoms with Crippen LogP contribution in [0.1, 0.15) is 30.3 Å². The van der Waals surface area contributed by atoms with E-state index in [1.807, 2.05) is 30.3 Å². The van der Waals surface area contributed by atoms with E-state index >= 15 is 0 Å². The Morgan fingerprint density at radius 1 is 1.12 bits per heavy atom. The number of piperazine rings is 1. The van der Waals surface area contributed by atoms with Crippen LogP contribution in [0.2, 0.25) is 0 Å². The molecule has 0 aliphatic carbocycles. The molecule has 1 aromatic heterocycles. The number of amides is 2. The van der Waals surface area contributed by atoms with Gasteiger partial charge in [-0.25, -0.2) is 0 Å². The largest absolute Gasteiger partial charge is 0.393 e. The maximum absolute atomic E-state index is 12.7. The second-order valence-electron chi connectivity index (χ2n) is 6.67. The van der Waals surface area contributed by atoms with E-state index in [0.29, 0.717) is 31.9 Å². The summed E-state index contributed by atoms with van der Waals surface area (Å²) in [5.74, 6) is -1.11. The standard InChI is InChI=1S/C19H23N3O4/c1-13(23)6-7-17(24)19(26)22-10-8-21(9-11-22)18(25)16-12-14-4-2-3-5-15(14)20-16/h2-5,12-13,20,23H,6-11H2,1H3. The average Bonchev–Trinajstić information content (AvgIpc) is 3.09. The minimum Gasteiger partial charge on any atom is -0.393 e. The molecule has 7 nitrogen and oxygen atoms in total. The second kappa shape index (κ2) is 7.70.